The Labute approximate surface area is 128 Å². The summed E-state index contributed by atoms with van der Waals surface area (Å²) in [7, 11) is 1.41. The molecule has 118 valence electrons. The van der Waals surface area contributed by atoms with Crippen LogP contribution in [0.1, 0.15) is 26.7 Å². The van der Waals surface area contributed by atoms with Crippen molar-refractivity contribution in [1.82, 2.24) is 4.57 Å². The number of benzene rings is 1. The summed E-state index contributed by atoms with van der Waals surface area (Å²) in [6, 6.07) is 5.15. The van der Waals surface area contributed by atoms with Gasteiger partial charge in [-0.05, 0) is 24.6 Å². The number of aromatic hydroxyl groups is 1. The van der Waals surface area contributed by atoms with E-state index < -0.39 is 11.3 Å². The van der Waals surface area contributed by atoms with Gasteiger partial charge in [-0.15, -0.1) is 0 Å². The van der Waals surface area contributed by atoms with Crippen molar-refractivity contribution in [2.75, 3.05) is 12.4 Å². The van der Waals surface area contributed by atoms with Crippen LogP contribution in [0.2, 0.25) is 0 Å². The van der Waals surface area contributed by atoms with Crippen LogP contribution in [0.3, 0.4) is 0 Å². The molecule has 6 nitrogen and oxygen atoms in total. The lowest BCUT2D eigenvalue weighted by Crippen LogP contribution is -2.21. The lowest BCUT2D eigenvalue weighted by molar-refractivity contribution is -0.114. The second kappa shape index (κ2) is 6.51. The van der Waals surface area contributed by atoms with Gasteiger partial charge in [0.05, 0.1) is 12.6 Å². The molecule has 1 aromatic carbocycles. The molecule has 0 spiro atoms. The van der Waals surface area contributed by atoms with Gasteiger partial charge in [0, 0.05) is 24.5 Å². The monoisotopic (exact) mass is 304 g/mol. The number of nitrogens with one attached hydrogen (secondary N) is 1. The number of aromatic nitrogens is 1. The van der Waals surface area contributed by atoms with Gasteiger partial charge in [0.25, 0.3) is 5.56 Å². The first kappa shape index (κ1) is 15.9. The largest absolute Gasteiger partial charge is 0.500 e. The number of aryl methyl sites for hydroxylation is 1. The summed E-state index contributed by atoms with van der Waals surface area (Å²) in [6.45, 7) is 3.94. The first-order chi connectivity index (χ1) is 10.5. The maximum absolute atomic E-state index is 12.3. The average Bonchev–Trinajstić information content (AvgIpc) is 2.48. The lowest BCUT2D eigenvalue weighted by Gasteiger charge is -2.15. The van der Waals surface area contributed by atoms with Crippen molar-refractivity contribution in [3.63, 3.8) is 0 Å². The third-order valence-corrected chi connectivity index (χ3v) is 3.46. The second-order valence-electron chi connectivity index (χ2n) is 5.11. The van der Waals surface area contributed by atoms with E-state index in [0.717, 1.165) is 12.8 Å². The number of amides is 1. The van der Waals surface area contributed by atoms with E-state index >= 15 is 0 Å². The van der Waals surface area contributed by atoms with E-state index in [9.17, 15) is 14.7 Å². The number of ether oxygens (including phenoxy) is 1. The molecule has 1 heterocycles. The number of methoxy groups -OCH3 is 1. The summed E-state index contributed by atoms with van der Waals surface area (Å²) >= 11 is 0. The Hall–Kier alpha value is -2.50. The minimum Gasteiger partial charge on any atom is -0.500 e. The molecule has 0 fully saturated rings. The molecule has 0 aliphatic rings. The van der Waals surface area contributed by atoms with Gasteiger partial charge in [-0.3, -0.25) is 9.59 Å². The molecule has 0 saturated heterocycles. The topological polar surface area (TPSA) is 80.6 Å². The van der Waals surface area contributed by atoms with Crippen molar-refractivity contribution in [3.8, 4) is 11.5 Å². The molecule has 0 saturated carbocycles. The SMILES string of the molecule is CCCCn1c(=O)c(O)c(OC)c2ccc(NC(C)=O)cc21. The van der Waals surface area contributed by atoms with Crippen LogP contribution >= 0.6 is 0 Å². The summed E-state index contributed by atoms with van der Waals surface area (Å²) < 4.78 is 6.68. The number of pyridine rings is 1. The minimum atomic E-state index is -0.488. The number of carbonyl (C=O) groups is 1. The number of fused-ring (bicyclic) bond motifs is 1. The highest BCUT2D eigenvalue weighted by Crippen LogP contribution is 2.33. The molecule has 0 bridgehead atoms. The van der Waals surface area contributed by atoms with Gasteiger partial charge < -0.3 is 19.7 Å². The fourth-order valence-corrected chi connectivity index (χ4v) is 2.43. The van der Waals surface area contributed by atoms with Gasteiger partial charge >= 0.3 is 0 Å². The van der Waals surface area contributed by atoms with Crippen LogP contribution in [0.5, 0.6) is 11.5 Å². The number of unbranched alkanes of at least 4 members (excludes halogenated alkanes) is 1. The predicted molar refractivity (Wildman–Crippen MR) is 85.6 cm³/mol. The van der Waals surface area contributed by atoms with Gasteiger partial charge in [0.2, 0.25) is 11.7 Å². The van der Waals surface area contributed by atoms with Gasteiger partial charge in [-0.1, -0.05) is 13.3 Å². The maximum Gasteiger partial charge on any atom is 0.297 e. The fraction of sp³-hybridized carbons (Fsp3) is 0.375. The molecule has 22 heavy (non-hydrogen) atoms. The standard InChI is InChI=1S/C16H20N2O4/c1-4-5-8-18-13-9-11(17-10(2)19)6-7-12(13)15(22-3)14(20)16(18)21/h6-7,9,20H,4-5,8H2,1-3H3,(H,17,19). The molecule has 2 rings (SSSR count). The van der Waals surface area contributed by atoms with Crippen LogP contribution in [0, 0.1) is 0 Å². The van der Waals surface area contributed by atoms with Crippen molar-refractivity contribution in [1.29, 1.82) is 0 Å². The zero-order chi connectivity index (χ0) is 16.3. The smallest absolute Gasteiger partial charge is 0.297 e. The molecule has 2 aromatic rings. The molecule has 0 unspecified atom stereocenters. The first-order valence-corrected chi connectivity index (χ1v) is 7.20. The maximum atomic E-state index is 12.3. The van der Waals surface area contributed by atoms with Crippen LogP contribution < -0.4 is 15.6 Å². The van der Waals surface area contributed by atoms with Gasteiger partial charge in [-0.2, -0.15) is 0 Å². The van der Waals surface area contributed by atoms with E-state index in [2.05, 4.69) is 5.32 Å². The van der Waals surface area contributed by atoms with E-state index in [1.165, 1.54) is 18.6 Å². The summed E-state index contributed by atoms with van der Waals surface area (Å²) in [4.78, 5) is 23.6. The zero-order valence-corrected chi connectivity index (χ0v) is 13.0. The van der Waals surface area contributed by atoms with Crippen molar-refractivity contribution in [2.45, 2.75) is 33.2 Å². The quantitative estimate of drug-likeness (QED) is 0.889. The highest BCUT2D eigenvalue weighted by atomic mass is 16.5. The normalized spacial score (nSPS) is 10.7. The number of hydrogen-bond acceptors (Lipinski definition) is 4. The Morgan fingerprint density at radius 3 is 2.73 bits per heavy atom. The van der Waals surface area contributed by atoms with Crippen LogP contribution in [0.25, 0.3) is 10.9 Å². The Balaban J connectivity index is 2.74. The summed E-state index contributed by atoms with van der Waals surface area (Å²) in [5.41, 5.74) is 0.731. The van der Waals surface area contributed by atoms with Crippen molar-refractivity contribution in [2.24, 2.45) is 0 Å². The average molecular weight is 304 g/mol. The summed E-state index contributed by atoms with van der Waals surface area (Å²) in [6.07, 6.45) is 1.73. The number of carbonyl (C=O) groups excluding carboxylic acids is 1. The van der Waals surface area contributed by atoms with Crippen molar-refractivity contribution < 1.29 is 14.6 Å². The molecule has 1 aromatic heterocycles. The molecule has 0 aliphatic carbocycles. The number of rotatable bonds is 5. The van der Waals surface area contributed by atoms with Crippen LogP contribution in [-0.2, 0) is 11.3 Å². The molecule has 1 amide bonds. The Kier molecular flexibility index (Phi) is 4.70. The van der Waals surface area contributed by atoms with Crippen molar-refractivity contribution >= 4 is 22.5 Å². The first-order valence-electron chi connectivity index (χ1n) is 7.20. The highest BCUT2D eigenvalue weighted by Gasteiger charge is 2.17. The molecule has 0 radical (unpaired) electrons. The molecule has 2 N–H and O–H groups in total. The zero-order valence-electron chi connectivity index (χ0n) is 13.0. The summed E-state index contributed by atoms with van der Waals surface area (Å²) in [5.74, 6) is -0.423. The van der Waals surface area contributed by atoms with E-state index in [1.54, 1.807) is 18.2 Å². The third-order valence-electron chi connectivity index (χ3n) is 3.46. The molecular formula is C16H20N2O4. The molecule has 0 atom stereocenters. The number of anilines is 1. The Morgan fingerprint density at radius 1 is 1.41 bits per heavy atom. The summed E-state index contributed by atoms with van der Waals surface area (Å²) in [5, 5.41) is 13.4. The highest BCUT2D eigenvalue weighted by molar-refractivity contribution is 5.94. The van der Waals surface area contributed by atoms with E-state index in [4.69, 9.17) is 4.74 Å². The number of nitrogens with zero attached hydrogens (tertiary/aromatic N) is 1. The Morgan fingerprint density at radius 2 is 2.14 bits per heavy atom. The van der Waals surface area contributed by atoms with Gasteiger partial charge in [0.15, 0.2) is 5.75 Å². The fourth-order valence-electron chi connectivity index (χ4n) is 2.43. The number of hydrogen-bond donors (Lipinski definition) is 2. The van der Waals surface area contributed by atoms with Crippen LogP contribution in [-0.4, -0.2) is 22.7 Å². The van der Waals surface area contributed by atoms with Gasteiger partial charge in [0.1, 0.15) is 0 Å². The third kappa shape index (κ3) is 2.90. The molecule has 6 heteroatoms. The van der Waals surface area contributed by atoms with Crippen LogP contribution in [0.4, 0.5) is 5.69 Å². The second-order valence-corrected chi connectivity index (χ2v) is 5.11. The van der Waals surface area contributed by atoms with Crippen molar-refractivity contribution in [3.05, 3.63) is 28.6 Å². The lowest BCUT2D eigenvalue weighted by atomic mass is 10.1. The van der Waals surface area contributed by atoms with E-state index in [0.29, 0.717) is 23.1 Å². The predicted octanol–water partition coefficient (Wildman–Crippen LogP) is 2.47. The molecular weight excluding hydrogens is 284 g/mol. The van der Waals surface area contributed by atoms with E-state index in [-0.39, 0.29) is 11.7 Å². The van der Waals surface area contributed by atoms with Gasteiger partial charge in [-0.25, -0.2) is 0 Å². The minimum absolute atomic E-state index is 0.155. The van der Waals surface area contributed by atoms with E-state index in [1.807, 2.05) is 6.92 Å². The molecule has 0 aliphatic heterocycles. The Bertz CT molecular complexity index is 765. The van der Waals surface area contributed by atoms with Crippen LogP contribution in [0.15, 0.2) is 23.0 Å².